The first-order valence-electron chi connectivity index (χ1n) is 5.69. The molecule has 0 unspecified atom stereocenters. The molecular formula is C13H16ClN3. The summed E-state index contributed by atoms with van der Waals surface area (Å²) in [5.74, 6) is 0. The molecule has 0 saturated heterocycles. The zero-order valence-electron chi connectivity index (χ0n) is 10.1. The number of aromatic nitrogens is 2. The number of aryl methyl sites for hydroxylation is 2. The van der Waals surface area contributed by atoms with Gasteiger partial charge in [-0.25, -0.2) is 4.98 Å². The fraction of sp³-hybridized carbons (Fsp3) is 0.308. The summed E-state index contributed by atoms with van der Waals surface area (Å²) in [6.45, 7) is 5.88. The Kier molecular flexibility index (Phi) is 3.69. The van der Waals surface area contributed by atoms with Crippen molar-refractivity contribution in [2.24, 2.45) is 0 Å². The lowest BCUT2D eigenvalue weighted by Gasteiger charge is -2.07. The van der Waals surface area contributed by atoms with Crippen LogP contribution in [0.2, 0.25) is 5.15 Å². The maximum absolute atomic E-state index is 6.02. The first-order valence-corrected chi connectivity index (χ1v) is 6.07. The van der Waals surface area contributed by atoms with Gasteiger partial charge in [-0.15, -0.1) is 0 Å². The Hall–Kier alpha value is -1.48. The molecule has 0 atom stereocenters. The Morgan fingerprint density at radius 3 is 3.00 bits per heavy atom. The van der Waals surface area contributed by atoms with E-state index in [1.54, 1.807) is 6.20 Å². The van der Waals surface area contributed by atoms with Gasteiger partial charge in [-0.05, 0) is 37.1 Å². The van der Waals surface area contributed by atoms with E-state index in [1.807, 2.05) is 13.0 Å². The predicted octanol–water partition coefficient (Wildman–Crippen LogP) is 3.48. The number of hydrogen-bond donors (Lipinski definition) is 1. The molecule has 2 heterocycles. The van der Waals surface area contributed by atoms with E-state index in [0.29, 0.717) is 5.15 Å². The van der Waals surface area contributed by atoms with Gasteiger partial charge in [-0.2, -0.15) is 0 Å². The number of nitrogens with zero attached hydrogens (tertiary/aromatic N) is 2. The van der Waals surface area contributed by atoms with E-state index in [4.69, 9.17) is 11.6 Å². The molecule has 0 aliphatic heterocycles. The summed E-state index contributed by atoms with van der Waals surface area (Å²) in [7, 11) is 0. The number of halogens is 1. The van der Waals surface area contributed by atoms with Crippen molar-refractivity contribution in [1.29, 1.82) is 0 Å². The first-order chi connectivity index (χ1) is 8.19. The minimum absolute atomic E-state index is 0.519. The van der Waals surface area contributed by atoms with Gasteiger partial charge in [-0.3, -0.25) is 0 Å². The third-order valence-corrected chi connectivity index (χ3v) is 2.94. The lowest BCUT2D eigenvalue weighted by atomic mass is 10.3. The van der Waals surface area contributed by atoms with Crippen molar-refractivity contribution in [3.8, 4) is 0 Å². The average Bonchev–Trinajstić information content (AvgIpc) is 2.78. The van der Waals surface area contributed by atoms with E-state index >= 15 is 0 Å². The maximum atomic E-state index is 6.02. The van der Waals surface area contributed by atoms with Crippen LogP contribution >= 0.6 is 11.6 Å². The first kappa shape index (κ1) is 12.0. The molecule has 2 rings (SSSR count). The highest BCUT2D eigenvalue weighted by molar-refractivity contribution is 6.31. The quantitative estimate of drug-likeness (QED) is 0.841. The second kappa shape index (κ2) is 5.23. The molecule has 17 heavy (non-hydrogen) atoms. The molecule has 0 aliphatic rings. The number of pyridine rings is 1. The van der Waals surface area contributed by atoms with E-state index in [2.05, 4.69) is 40.3 Å². The van der Waals surface area contributed by atoms with E-state index in [9.17, 15) is 0 Å². The third kappa shape index (κ3) is 3.01. The number of rotatable bonds is 4. The molecule has 2 aromatic heterocycles. The predicted molar refractivity (Wildman–Crippen MR) is 71.4 cm³/mol. The molecule has 0 spiro atoms. The summed E-state index contributed by atoms with van der Waals surface area (Å²) in [5, 5.41) is 3.82. The van der Waals surface area contributed by atoms with Crippen LogP contribution in [0.25, 0.3) is 0 Å². The number of hydrogen-bond acceptors (Lipinski definition) is 2. The summed E-state index contributed by atoms with van der Waals surface area (Å²) < 4.78 is 2.15. The Balaban J connectivity index is 2.04. The van der Waals surface area contributed by atoms with Crippen molar-refractivity contribution in [2.45, 2.75) is 26.9 Å². The van der Waals surface area contributed by atoms with Gasteiger partial charge in [0.15, 0.2) is 5.15 Å². The van der Waals surface area contributed by atoms with Crippen molar-refractivity contribution in [1.82, 2.24) is 9.55 Å². The second-order valence-electron chi connectivity index (χ2n) is 4.05. The Labute approximate surface area is 106 Å². The SMILES string of the molecule is CCn1ccc(CNc2cc(C)cnc2Cl)c1. The van der Waals surface area contributed by atoms with Crippen LogP contribution in [0.15, 0.2) is 30.7 Å². The zero-order chi connectivity index (χ0) is 12.3. The van der Waals surface area contributed by atoms with Crippen molar-refractivity contribution < 1.29 is 0 Å². The van der Waals surface area contributed by atoms with Gasteiger partial charge < -0.3 is 9.88 Å². The topological polar surface area (TPSA) is 29.9 Å². The van der Waals surface area contributed by atoms with Gasteiger partial charge >= 0.3 is 0 Å². The molecule has 0 fully saturated rings. The highest BCUT2D eigenvalue weighted by Gasteiger charge is 2.02. The lowest BCUT2D eigenvalue weighted by Crippen LogP contribution is -2.00. The summed E-state index contributed by atoms with van der Waals surface area (Å²) in [4.78, 5) is 4.11. The smallest absolute Gasteiger partial charge is 0.152 e. The summed E-state index contributed by atoms with van der Waals surface area (Å²) in [6.07, 6.45) is 5.97. The molecule has 4 heteroatoms. The maximum Gasteiger partial charge on any atom is 0.152 e. The molecule has 0 radical (unpaired) electrons. The van der Waals surface area contributed by atoms with Crippen LogP contribution in [0, 0.1) is 6.92 Å². The Morgan fingerprint density at radius 2 is 2.29 bits per heavy atom. The molecule has 0 bridgehead atoms. The normalized spacial score (nSPS) is 10.5. The molecule has 0 aliphatic carbocycles. The van der Waals surface area contributed by atoms with Crippen LogP contribution in [-0.2, 0) is 13.1 Å². The van der Waals surface area contributed by atoms with Crippen molar-refractivity contribution >= 4 is 17.3 Å². The monoisotopic (exact) mass is 249 g/mol. The van der Waals surface area contributed by atoms with Crippen LogP contribution in [0.3, 0.4) is 0 Å². The van der Waals surface area contributed by atoms with Crippen LogP contribution in [0.5, 0.6) is 0 Å². The van der Waals surface area contributed by atoms with Gasteiger partial charge in [0.25, 0.3) is 0 Å². The van der Waals surface area contributed by atoms with Gasteiger partial charge in [0.05, 0.1) is 5.69 Å². The van der Waals surface area contributed by atoms with E-state index in [-0.39, 0.29) is 0 Å². The molecular weight excluding hydrogens is 234 g/mol. The second-order valence-corrected chi connectivity index (χ2v) is 4.41. The largest absolute Gasteiger partial charge is 0.378 e. The number of anilines is 1. The molecule has 3 nitrogen and oxygen atoms in total. The summed E-state index contributed by atoms with van der Waals surface area (Å²) >= 11 is 6.02. The number of nitrogens with one attached hydrogen (secondary N) is 1. The molecule has 0 amide bonds. The molecule has 1 N–H and O–H groups in total. The van der Waals surface area contributed by atoms with Gasteiger partial charge in [0, 0.05) is 31.7 Å². The van der Waals surface area contributed by atoms with E-state index in [1.165, 1.54) is 5.56 Å². The molecule has 0 aromatic carbocycles. The highest BCUT2D eigenvalue weighted by Crippen LogP contribution is 2.20. The molecule has 2 aromatic rings. The lowest BCUT2D eigenvalue weighted by molar-refractivity contribution is 0.766. The standard InChI is InChI=1S/C13H16ClN3/c1-3-17-5-4-11(9-17)8-15-12-6-10(2)7-16-13(12)14/h4-7,9,15H,3,8H2,1-2H3. The summed E-state index contributed by atoms with van der Waals surface area (Å²) in [5.41, 5.74) is 3.23. The minimum atomic E-state index is 0.519. The fourth-order valence-corrected chi connectivity index (χ4v) is 1.84. The van der Waals surface area contributed by atoms with Crippen molar-refractivity contribution in [2.75, 3.05) is 5.32 Å². The zero-order valence-corrected chi connectivity index (χ0v) is 10.8. The van der Waals surface area contributed by atoms with Crippen LogP contribution in [-0.4, -0.2) is 9.55 Å². The van der Waals surface area contributed by atoms with E-state index < -0.39 is 0 Å². The molecule has 0 saturated carbocycles. The van der Waals surface area contributed by atoms with Crippen molar-refractivity contribution in [3.05, 3.63) is 47.0 Å². The average molecular weight is 250 g/mol. The van der Waals surface area contributed by atoms with Gasteiger partial charge in [0.1, 0.15) is 0 Å². The van der Waals surface area contributed by atoms with Crippen LogP contribution < -0.4 is 5.32 Å². The Bertz CT molecular complexity index is 505. The molecule has 90 valence electrons. The van der Waals surface area contributed by atoms with E-state index in [0.717, 1.165) is 24.3 Å². The summed E-state index contributed by atoms with van der Waals surface area (Å²) in [6, 6.07) is 4.11. The minimum Gasteiger partial charge on any atom is -0.378 e. The highest BCUT2D eigenvalue weighted by atomic mass is 35.5. The Morgan fingerprint density at radius 1 is 1.47 bits per heavy atom. The van der Waals surface area contributed by atoms with Gasteiger partial charge in [-0.1, -0.05) is 11.6 Å². The van der Waals surface area contributed by atoms with Gasteiger partial charge in [0.2, 0.25) is 0 Å². The third-order valence-electron chi connectivity index (χ3n) is 2.64. The van der Waals surface area contributed by atoms with Crippen molar-refractivity contribution in [3.63, 3.8) is 0 Å². The fourth-order valence-electron chi connectivity index (χ4n) is 1.67. The van der Waals surface area contributed by atoms with Crippen LogP contribution in [0.4, 0.5) is 5.69 Å². The van der Waals surface area contributed by atoms with Crippen LogP contribution in [0.1, 0.15) is 18.1 Å².